The van der Waals surface area contributed by atoms with Crippen molar-refractivity contribution in [1.82, 2.24) is 0 Å². The second-order valence-corrected chi connectivity index (χ2v) is 6.37. The fraction of sp³-hybridized carbons (Fsp3) is 0.455. The smallest absolute Gasteiger partial charge is 0.293 e. The topological polar surface area (TPSA) is 55.2 Å². The van der Waals surface area contributed by atoms with Gasteiger partial charge in [-0.15, -0.1) is 0 Å². The number of hydrogen-bond donors (Lipinski definition) is 1. The molecule has 1 saturated carbocycles. The Bertz CT molecular complexity index is 492. The summed E-state index contributed by atoms with van der Waals surface area (Å²) in [6, 6.07) is 2.79. The number of benzene rings is 1. The Labute approximate surface area is 119 Å². The Kier molecular flexibility index (Phi) is 3.94. The summed E-state index contributed by atoms with van der Waals surface area (Å²) in [6.45, 7) is 0.701. The highest BCUT2D eigenvalue weighted by atomic mass is 35.5. The van der Waals surface area contributed by atoms with E-state index in [0.29, 0.717) is 17.3 Å². The molecule has 0 radical (unpaired) electrons. The minimum Gasteiger partial charge on any atom is -0.378 e. The van der Waals surface area contributed by atoms with Crippen molar-refractivity contribution in [2.75, 3.05) is 18.1 Å². The first-order valence-electron chi connectivity index (χ1n) is 5.40. The van der Waals surface area contributed by atoms with Gasteiger partial charge in [-0.25, -0.2) is 0 Å². The maximum atomic E-state index is 11.0. The molecule has 0 spiro atoms. The van der Waals surface area contributed by atoms with Gasteiger partial charge in [0.15, 0.2) is 0 Å². The molecule has 2 rings (SSSR count). The molecule has 1 aliphatic rings. The van der Waals surface area contributed by atoms with E-state index in [-0.39, 0.29) is 15.5 Å². The fourth-order valence-corrected chi connectivity index (χ4v) is 2.73. The minimum absolute atomic E-state index is 0.0405. The molecule has 4 nitrogen and oxygen atoms in total. The molecule has 7 heteroatoms. The van der Waals surface area contributed by atoms with Crippen LogP contribution in [0.25, 0.3) is 0 Å². The largest absolute Gasteiger partial charge is 0.378 e. The van der Waals surface area contributed by atoms with Gasteiger partial charge < -0.3 is 5.32 Å². The molecule has 0 unspecified atom stereocenters. The molecule has 0 bridgehead atoms. The van der Waals surface area contributed by atoms with Crippen LogP contribution in [0.5, 0.6) is 0 Å². The van der Waals surface area contributed by atoms with Crippen molar-refractivity contribution in [3.8, 4) is 0 Å². The third-order valence-corrected chi connectivity index (χ3v) is 5.22. The number of rotatable bonds is 5. The Morgan fingerprint density at radius 2 is 2.06 bits per heavy atom. The Morgan fingerprint density at radius 1 is 1.44 bits per heavy atom. The highest BCUT2D eigenvalue weighted by Gasteiger charge is 2.41. The number of nitro benzene ring substituents is 1. The van der Waals surface area contributed by atoms with Crippen molar-refractivity contribution in [1.29, 1.82) is 0 Å². The molecular formula is C11H12Cl2N2O2S. The van der Waals surface area contributed by atoms with Gasteiger partial charge in [0.05, 0.1) is 15.0 Å². The number of nitrogens with one attached hydrogen (secondary N) is 1. The van der Waals surface area contributed by atoms with E-state index in [9.17, 15) is 10.1 Å². The van der Waals surface area contributed by atoms with Crippen molar-refractivity contribution < 1.29 is 4.92 Å². The molecular weight excluding hydrogens is 295 g/mol. The number of thioether (sulfide) groups is 1. The Morgan fingerprint density at radius 3 is 2.56 bits per heavy atom. The third kappa shape index (κ3) is 2.84. The van der Waals surface area contributed by atoms with Crippen molar-refractivity contribution in [2.24, 2.45) is 0 Å². The molecule has 1 aliphatic carbocycles. The second-order valence-electron chi connectivity index (χ2n) is 4.28. The monoisotopic (exact) mass is 306 g/mol. The summed E-state index contributed by atoms with van der Waals surface area (Å²) in [5.74, 6) is 0. The van der Waals surface area contributed by atoms with Crippen molar-refractivity contribution >= 4 is 46.3 Å². The van der Waals surface area contributed by atoms with Crippen LogP contribution in [0.4, 0.5) is 11.4 Å². The molecule has 0 atom stereocenters. The number of anilines is 1. The standard InChI is InChI=1S/C11H12Cl2N2O2S/c1-18-11(2-3-11)6-14-9-4-7(12)8(13)5-10(9)15(16)17/h4-5,14H,2-3,6H2,1H3. The van der Waals surface area contributed by atoms with Gasteiger partial charge in [-0.1, -0.05) is 23.2 Å². The first-order chi connectivity index (χ1) is 8.47. The molecule has 0 aliphatic heterocycles. The summed E-state index contributed by atoms with van der Waals surface area (Å²) in [5, 5.41) is 14.6. The molecule has 0 amide bonds. The van der Waals surface area contributed by atoms with Gasteiger partial charge in [-0.3, -0.25) is 10.1 Å². The van der Waals surface area contributed by atoms with Crippen LogP contribution in [0.1, 0.15) is 12.8 Å². The maximum Gasteiger partial charge on any atom is 0.293 e. The van der Waals surface area contributed by atoms with Crippen LogP contribution >= 0.6 is 35.0 Å². The van der Waals surface area contributed by atoms with Crippen LogP contribution in [-0.4, -0.2) is 22.5 Å². The van der Waals surface area contributed by atoms with E-state index >= 15 is 0 Å². The van der Waals surface area contributed by atoms with Crippen molar-refractivity contribution in [2.45, 2.75) is 17.6 Å². The zero-order valence-corrected chi connectivity index (χ0v) is 12.0. The summed E-state index contributed by atoms with van der Waals surface area (Å²) < 4.78 is 0.222. The van der Waals surface area contributed by atoms with E-state index in [4.69, 9.17) is 23.2 Å². The van der Waals surface area contributed by atoms with E-state index in [2.05, 4.69) is 11.6 Å². The van der Waals surface area contributed by atoms with E-state index in [1.165, 1.54) is 12.1 Å². The lowest BCUT2D eigenvalue weighted by atomic mass is 10.2. The van der Waals surface area contributed by atoms with Crippen LogP contribution in [0, 0.1) is 10.1 Å². The summed E-state index contributed by atoms with van der Waals surface area (Å²) >= 11 is 13.5. The summed E-state index contributed by atoms with van der Waals surface area (Å²) in [6.07, 6.45) is 4.32. The molecule has 1 aromatic rings. The minimum atomic E-state index is -0.455. The predicted molar refractivity (Wildman–Crippen MR) is 77.1 cm³/mol. The van der Waals surface area contributed by atoms with E-state index in [0.717, 1.165) is 12.8 Å². The number of nitrogens with zero attached hydrogens (tertiary/aromatic N) is 1. The average Bonchev–Trinajstić information content (AvgIpc) is 3.10. The lowest BCUT2D eigenvalue weighted by Crippen LogP contribution is -2.18. The quantitative estimate of drug-likeness (QED) is 0.654. The zero-order chi connectivity index (χ0) is 13.3. The Balaban J connectivity index is 2.20. The SMILES string of the molecule is CSC1(CNc2cc(Cl)c(Cl)cc2[N+](=O)[O-])CC1. The molecule has 1 fully saturated rings. The van der Waals surface area contributed by atoms with Gasteiger partial charge in [-0.05, 0) is 25.2 Å². The van der Waals surface area contributed by atoms with Crippen LogP contribution in [0.2, 0.25) is 10.0 Å². The van der Waals surface area contributed by atoms with Crippen LogP contribution < -0.4 is 5.32 Å². The number of halogens is 2. The lowest BCUT2D eigenvalue weighted by molar-refractivity contribution is -0.383. The molecule has 1 N–H and O–H groups in total. The summed E-state index contributed by atoms with van der Waals surface area (Å²) in [4.78, 5) is 10.5. The summed E-state index contributed by atoms with van der Waals surface area (Å²) in [5.41, 5.74) is 0.385. The summed E-state index contributed by atoms with van der Waals surface area (Å²) in [7, 11) is 0. The van der Waals surface area contributed by atoms with Crippen molar-refractivity contribution in [3.63, 3.8) is 0 Å². The van der Waals surface area contributed by atoms with Crippen LogP contribution in [0.3, 0.4) is 0 Å². The van der Waals surface area contributed by atoms with Crippen molar-refractivity contribution in [3.05, 3.63) is 32.3 Å². The van der Waals surface area contributed by atoms with Gasteiger partial charge in [-0.2, -0.15) is 11.8 Å². The van der Waals surface area contributed by atoms with Gasteiger partial charge in [0.25, 0.3) is 5.69 Å². The average molecular weight is 307 g/mol. The van der Waals surface area contributed by atoms with Gasteiger partial charge >= 0.3 is 0 Å². The Hall–Kier alpha value is -0.650. The first kappa shape index (κ1) is 13.8. The fourth-order valence-electron chi connectivity index (χ4n) is 1.68. The maximum absolute atomic E-state index is 11.0. The third-order valence-electron chi connectivity index (χ3n) is 3.08. The van der Waals surface area contributed by atoms with Gasteiger partial charge in [0.1, 0.15) is 5.69 Å². The molecule has 0 aromatic heterocycles. The predicted octanol–water partition coefficient (Wildman–Crippen LogP) is 4.21. The first-order valence-corrected chi connectivity index (χ1v) is 7.38. The molecule has 18 heavy (non-hydrogen) atoms. The normalized spacial score (nSPS) is 16.4. The van der Waals surface area contributed by atoms with Gasteiger partial charge in [0, 0.05) is 17.4 Å². The highest BCUT2D eigenvalue weighted by Crippen LogP contribution is 2.47. The van der Waals surface area contributed by atoms with Crippen LogP contribution in [-0.2, 0) is 0 Å². The lowest BCUT2D eigenvalue weighted by Gasteiger charge is -2.14. The molecule has 1 aromatic carbocycles. The zero-order valence-electron chi connectivity index (χ0n) is 9.70. The molecule has 0 heterocycles. The van der Waals surface area contributed by atoms with E-state index < -0.39 is 4.92 Å². The number of nitro groups is 1. The molecule has 98 valence electrons. The van der Waals surface area contributed by atoms with Crippen LogP contribution in [0.15, 0.2) is 12.1 Å². The van der Waals surface area contributed by atoms with Gasteiger partial charge in [0.2, 0.25) is 0 Å². The van der Waals surface area contributed by atoms with E-state index in [1.807, 2.05) is 0 Å². The highest BCUT2D eigenvalue weighted by molar-refractivity contribution is 8.00. The molecule has 0 saturated heterocycles. The second kappa shape index (κ2) is 5.15. The number of hydrogen-bond acceptors (Lipinski definition) is 4. The van der Waals surface area contributed by atoms with E-state index in [1.54, 1.807) is 11.8 Å².